The summed E-state index contributed by atoms with van der Waals surface area (Å²) in [6.45, 7) is 0. The second-order valence-corrected chi connectivity index (χ2v) is 4.92. The number of aromatic nitrogens is 2. The third-order valence-corrected chi connectivity index (χ3v) is 3.22. The van der Waals surface area contributed by atoms with E-state index in [9.17, 15) is 18.0 Å². The lowest BCUT2D eigenvalue weighted by molar-refractivity contribution is -0.137. The fourth-order valence-corrected chi connectivity index (χ4v) is 2.05. The number of carbonyl (C=O) groups excluding carboxylic acids is 1. The normalized spacial score (nSPS) is 12.0. The van der Waals surface area contributed by atoms with E-state index in [2.05, 4.69) is 5.10 Å². The van der Waals surface area contributed by atoms with Crippen molar-refractivity contribution in [2.24, 2.45) is 0 Å². The average molecular weight is 332 g/mol. The molecule has 4 nitrogen and oxygen atoms in total. The van der Waals surface area contributed by atoms with Gasteiger partial charge in [0, 0.05) is 11.8 Å². The molecular formula is C17H11F3N2O2. The lowest BCUT2D eigenvalue weighted by atomic mass is 10.1. The summed E-state index contributed by atoms with van der Waals surface area (Å²) in [6.07, 6.45) is 1.72. The largest absolute Gasteiger partial charge is 0.465 e. The van der Waals surface area contributed by atoms with Crippen molar-refractivity contribution in [1.82, 2.24) is 9.78 Å². The van der Waals surface area contributed by atoms with Crippen molar-refractivity contribution in [3.05, 3.63) is 77.5 Å². The Morgan fingerprint density at radius 3 is 2.67 bits per heavy atom. The Bertz CT molecular complexity index is 877. The van der Waals surface area contributed by atoms with Gasteiger partial charge in [0.2, 0.25) is 0 Å². The minimum Gasteiger partial charge on any atom is -0.465 e. The van der Waals surface area contributed by atoms with Crippen LogP contribution < -0.4 is 0 Å². The third kappa shape index (κ3) is 3.45. The maximum absolute atomic E-state index is 12.7. The first-order valence-corrected chi connectivity index (χ1v) is 6.93. The number of rotatable bonds is 3. The highest BCUT2D eigenvalue weighted by molar-refractivity contribution is 5.95. The molecule has 0 atom stereocenters. The number of benzene rings is 1. The molecule has 0 aliphatic rings. The Kier molecular flexibility index (Phi) is 4.07. The predicted molar refractivity (Wildman–Crippen MR) is 81.0 cm³/mol. The zero-order chi connectivity index (χ0) is 17.2. The van der Waals surface area contributed by atoms with Crippen LogP contribution in [0, 0.1) is 0 Å². The van der Waals surface area contributed by atoms with Crippen LogP contribution in [0.2, 0.25) is 0 Å². The van der Waals surface area contributed by atoms with Crippen molar-refractivity contribution in [2.75, 3.05) is 0 Å². The highest BCUT2D eigenvalue weighted by Gasteiger charge is 2.31. The number of nitrogens with zero attached hydrogens (tertiary/aromatic N) is 2. The van der Waals surface area contributed by atoms with Gasteiger partial charge >= 0.3 is 6.18 Å². The molecule has 0 unspecified atom stereocenters. The van der Waals surface area contributed by atoms with Crippen molar-refractivity contribution >= 4 is 18.1 Å². The lowest BCUT2D eigenvalue weighted by Gasteiger charge is -2.07. The molecule has 3 aromatic rings. The summed E-state index contributed by atoms with van der Waals surface area (Å²) in [5.41, 5.74) is -0.486. The highest BCUT2D eigenvalue weighted by Crippen LogP contribution is 2.29. The van der Waals surface area contributed by atoms with E-state index in [1.54, 1.807) is 30.4 Å². The Balaban J connectivity index is 1.81. The van der Waals surface area contributed by atoms with E-state index >= 15 is 0 Å². The first-order valence-electron chi connectivity index (χ1n) is 6.93. The number of carbonyl (C=O) groups is 1. The van der Waals surface area contributed by atoms with Crippen molar-refractivity contribution in [1.29, 1.82) is 0 Å². The van der Waals surface area contributed by atoms with E-state index in [4.69, 9.17) is 4.42 Å². The Morgan fingerprint density at radius 2 is 1.96 bits per heavy atom. The summed E-state index contributed by atoms with van der Waals surface area (Å²) >= 11 is 0. The molecule has 24 heavy (non-hydrogen) atoms. The first-order chi connectivity index (χ1) is 11.4. The minimum atomic E-state index is -4.50. The molecular weight excluding hydrogens is 321 g/mol. The Labute approximate surface area is 134 Å². The summed E-state index contributed by atoms with van der Waals surface area (Å²) < 4.78 is 44.3. The molecule has 0 spiro atoms. The number of hydrogen-bond acceptors (Lipinski definition) is 3. The van der Waals surface area contributed by atoms with Crippen LogP contribution in [-0.4, -0.2) is 15.7 Å². The number of alkyl halides is 3. The second kappa shape index (κ2) is 6.19. The molecule has 0 aliphatic carbocycles. The Morgan fingerprint density at radius 1 is 1.12 bits per heavy atom. The molecule has 122 valence electrons. The van der Waals surface area contributed by atoms with Gasteiger partial charge < -0.3 is 4.42 Å². The molecule has 2 aromatic heterocycles. The van der Waals surface area contributed by atoms with E-state index in [1.807, 2.05) is 0 Å². The molecule has 7 heteroatoms. The van der Waals surface area contributed by atoms with Gasteiger partial charge in [-0.3, -0.25) is 4.79 Å². The smallest absolute Gasteiger partial charge is 0.416 e. The Hall–Kier alpha value is -3.09. The summed E-state index contributed by atoms with van der Waals surface area (Å²) in [5, 5.41) is 4.04. The van der Waals surface area contributed by atoms with Crippen LogP contribution in [0.1, 0.15) is 27.4 Å². The van der Waals surface area contributed by atoms with Crippen molar-refractivity contribution < 1.29 is 22.4 Å². The average Bonchev–Trinajstić information content (AvgIpc) is 3.23. The van der Waals surface area contributed by atoms with Crippen LogP contribution in [0.4, 0.5) is 13.2 Å². The van der Waals surface area contributed by atoms with Gasteiger partial charge in [-0.05, 0) is 48.6 Å². The van der Waals surface area contributed by atoms with Crippen LogP contribution >= 0.6 is 0 Å². The molecule has 0 saturated heterocycles. The molecule has 0 amide bonds. The number of hydrogen-bond donors (Lipinski definition) is 0. The van der Waals surface area contributed by atoms with Crippen LogP contribution in [0.15, 0.2) is 59.3 Å². The number of furan rings is 1. The second-order valence-electron chi connectivity index (χ2n) is 4.92. The SMILES string of the molecule is O=C(c1cccc(C(F)(F)F)c1)n1ccc(/C=C/c2ccco2)n1. The van der Waals surface area contributed by atoms with Gasteiger partial charge in [0.15, 0.2) is 0 Å². The summed E-state index contributed by atoms with van der Waals surface area (Å²) in [4.78, 5) is 12.3. The molecule has 0 fully saturated rings. The van der Waals surface area contributed by atoms with Gasteiger partial charge in [0.1, 0.15) is 5.76 Å². The number of halogens is 3. The van der Waals surface area contributed by atoms with Crippen molar-refractivity contribution in [2.45, 2.75) is 6.18 Å². The molecule has 0 radical (unpaired) electrons. The van der Waals surface area contributed by atoms with Crippen LogP contribution in [0.25, 0.3) is 12.2 Å². The topological polar surface area (TPSA) is 48.0 Å². The van der Waals surface area contributed by atoms with Gasteiger partial charge in [-0.1, -0.05) is 6.07 Å². The first kappa shape index (κ1) is 15.8. The van der Waals surface area contributed by atoms with Crippen LogP contribution in [0.5, 0.6) is 0 Å². The van der Waals surface area contributed by atoms with Gasteiger partial charge in [0.25, 0.3) is 5.91 Å². The zero-order valence-electron chi connectivity index (χ0n) is 12.2. The molecule has 3 rings (SSSR count). The van der Waals surface area contributed by atoms with Gasteiger partial charge in [0.05, 0.1) is 17.5 Å². The molecule has 0 aliphatic heterocycles. The van der Waals surface area contributed by atoms with E-state index < -0.39 is 17.6 Å². The van der Waals surface area contributed by atoms with Crippen LogP contribution in [-0.2, 0) is 6.18 Å². The van der Waals surface area contributed by atoms with E-state index in [-0.39, 0.29) is 5.56 Å². The zero-order valence-corrected chi connectivity index (χ0v) is 12.2. The third-order valence-electron chi connectivity index (χ3n) is 3.22. The molecule has 1 aromatic carbocycles. The monoisotopic (exact) mass is 332 g/mol. The van der Waals surface area contributed by atoms with Crippen LogP contribution in [0.3, 0.4) is 0 Å². The van der Waals surface area contributed by atoms with Gasteiger partial charge in [-0.2, -0.15) is 18.3 Å². The lowest BCUT2D eigenvalue weighted by Crippen LogP contribution is -2.14. The predicted octanol–water partition coefficient (Wildman–Crippen LogP) is 4.35. The molecule has 0 N–H and O–H groups in total. The minimum absolute atomic E-state index is 0.0884. The molecule has 0 bridgehead atoms. The van der Waals surface area contributed by atoms with E-state index in [1.165, 1.54) is 24.6 Å². The highest BCUT2D eigenvalue weighted by atomic mass is 19.4. The summed E-state index contributed by atoms with van der Waals surface area (Å²) in [6, 6.07) is 9.29. The summed E-state index contributed by atoms with van der Waals surface area (Å²) in [5.74, 6) is -0.0208. The standard InChI is InChI=1S/C17H11F3N2O2/c18-17(19,20)13-4-1-3-12(11-13)16(23)22-9-8-14(21-22)6-7-15-5-2-10-24-15/h1-11H/b7-6+. The van der Waals surface area contributed by atoms with E-state index in [0.717, 1.165) is 16.8 Å². The maximum Gasteiger partial charge on any atom is 0.416 e. The van der Waals surface area contributed by atoms with Gasteiger partial charge in [-0.15, -0.1) is 0 Å². The maximum atomic E-state index is 12.7. The fraction of sp³-hybridized carbons (Fsp3) is 0.0588. The summed E-state index contributed by atoms with van der Waals surface area (Å²) in [7, 11) is 0. The molecule has 0 saturated carbocycles. The van der Waals surface area contributed by atoms with E-state index in [0.29, 0.717) is 11.5 Å². The quantitative estimate of drug-likeness (QED) is 0.716. The fourth-order valence-electron chi connectivity index (χ4n) is 2.05. The van der Waals surface area contributed by atoms with Gasteiger partial charge in [-0.25, -0.2) is 4.68 Å². The molecule has 2 heterocycles. The van der Waals surface area contributed by atoms with Crippen molar-refractivity contribution in [3.8, 4) is 0 Å². The van der Waals surface area contributed by atoms with Crippen molar-refractivity contribution in [3.63, 3.8) is 0 Å².